The van der Waals surface area contributed by atoms with E-state index < -0.39 is 5.92 Å². The van der Waals surface area contributed by atoms with Crippen LogP contribution < -0.4 is 19.9 Å². The van der Waals surface area contributed by atoms with Gasteiger partial charge in [-0.1, -0.05) is 6.07 Å². The molecule has 30 heavy (non-hydrogen) atoms. The number of carbonyl (C=O) groups excluding carboxylic acids is 3. The van der Waals surface area contributed by atoms with Gasteiger partial charge >= 0.3 is 0 Å². The highest BCUT2D eigenvalue weighted by Crippen LogP contribution is 2.31. The molecule has 0 aromatic heterocycles. The number of benzene rings is 2. The van der Waals surface area contributed by atoms with Crippen LogP contribution in [0.15, 0.2) is 42.5 Å². The third kappa shape index (κ3) is 3.87. The van der Waals surface area contributed by atoms with E-state index in [1.165, 1.54) is 0 Å². The zero-order chi connectivity index (χ0) is 21.3. The van der Waals surface area contributed by atoms with E-state index in [9.17, 15) is 14.4 Å². The lowest BCUT2D eigenvalue weighted by atomic mass is 10.0. The topological polar surface area (TPSA) is 79.0 Å². The quantitative estimate of drug-likeness (QED) is 0.845. The van der Waals surface area contributed by atoms with Gasteiger partial charge in [-0.15, -0.1) is 0 Å². The van der Waals surface area contributed by atoms with Gasteiger partial charge in [-0.3, -0.25) is 14.4 Å². The molecule has 4 rings (SSSR count). The molecule has 1 fully saturated rings. The van der Waals surface area contributed by atoms with Crippen LogP contribution in [0.4, 0.5) is 17.1 Å². The van der Waals surface area contributed by atoms with E-state index in [1.807, 2.05) is 36.4 Å². The van der Waals surface area contributed by atoms with Gasteiger partial charge in [-0.25, -0.2) is 0 Å². The van der Waals surface area contributed by atoms with Gasteiger partial charge in [0.1, 0.15) is 5.75 Å². The third-order valence-corrected chi connectivity index (χ3v) is 5.71. The Labute approximate surface area is 175 Å². The predicted molar refractivity (Wildman–Crippen MR) is 115 cm³/mol. The molecule has 1 atom stereocenters. The van der Waals surface area contributed by atoms with Gasteiger partial charge in [0.15, 0.2) is 0 Å². The number of nitrogens with one attached hydrogen (secondary N) is 1. The minimum atomic E-state index is -0.423. The van der Waals surface area contributed by atoms with Crippen molar-refractivity contribution in [1.82, 2.24) is 0 Å². The number of amides is 3. The van der Waals surface area contributed by atoms with Crippen molar-refractivity contribution in [3.05, 3.63) is 48.0 Å². The predicted octanol–water partition coefficient (Wildman–Crippen LogP) is 2.99. The highest BCUT2D eigenvalue weighted by atomic mass is 16.5. The van der Waals surface area contributed by atoms with Crippen LogP contribution in [0.3, 0.4) is 0 Å². The summed E-state index contributed by atoms with van der Waals surface area (Å²) in [4.78, 5) is 40.6. The van der Waals surface area contributed by atoms with Crippen LogP contribution in [0.1, 0.15) is 25.3 Å². The molecule has 2 aromatic rings. The SMILES string of the molecule is COc1cccc(N2CC(C(=O)Nc3ccc4c(c3)CCCN4C(C)=O)CC2=O)c1. The van der Waals surface area contributed by atoms with Gasteiger partial charge in [-0.05, 0) is 48.7 Å². The summed E-state index contributed by atoms with van der Waals surface area (Å²) in [5.74, 6) is 0.0176. The van der Waals surface area contributed by atoms with Crippen molar-refractivity contribution in [3.63, 3.8) is 0 Å². The first kappa shape index (κ1) is 19.9. The molecule has 0 saturated carbocycles. The van der Waals surface area contributed by atoms with Gasteiger partial charge in [0.05, 0.1) is 13.0 Å². The highest BCUT2D eigenvalue weighted by molar-refractivity contribution is 6.03. The third-order valence-electron chi connectivity index (χ3n) is 5.71. The van der Waals surface area contributed by atoms with Crippen molar-refractivity contribution in [2.75, 3.05) is 35.3 Å². The second kappa shape index (κ2) is 8.18. The molecule has 3 amide bonds. The molecule has 2 aliphatic rings. The molecule has 0 spiro atoms. The van der Waals surface area contributed by atoms with Crippen LogP contribution in [0.25, 0.3) is 0 Å². The van der Waals surface area contributed by atoms with Crippen LogP contribution in [0.5, 0.6) is 5.75 Å². The highest BCUT2D eigenvalue weighted by Gasteiger charge is 2.35. The summed E-state index contributed by atoms with van der Waals surface area (Å²) >= 11 is 0. The lowest BCUT2D eigenvalue weighted by molar-refractivity contribution is -0.122. The Bertz CT molecular complexity index is 1000. The smallest absolute Gasteiger partial charge is 0.229 e. The van der Waals surface area contributed by atoms with Crippen molar-refractivity contribution < 1.29 is 19.1 Å². The monoisotopic (exact) mass is 407 g/mol. The molecule has 2 aromatic carbocycles. The zero-order valence-electron chi connectivity index (χ0n) is 17.2. The average Bonchev–Trinajstić information content (AvgIpc) is 3.15. The van der Waals surface area contributed by atoms with Crippen LogP contribution in [-0.4, -0.2) is 37.9 Å². The fourth-order valence-corrected chi connectivity index (χ4v) is 4.16. The Morgan fingerprint density at radius 2 is 2.00 bits per heavy atom. The number of carbonyl (C=O) groups is 3. The fraction of sp³-hybridized carbons (Fsp3) is 0.348. The summed E-state index contributed by atoms with van der Waals surface area (Å²) in [7, 11) is 1.58. The van der Waals surface area contributed by atoms with Crippen molar-refractivity contribution in [2.24, 2.45) is 5.92 Å². The molecule has 2 aliphatic heterocycles. The van der Waals surface area contributed by atoms with Crippen LogP contribution in [0.2, 0.25) is 0 Å². The van der Waals surface area contributed by atoms with E-state index in [1.54, 1.807) is 29.9 Å². The maximum Gasteiger partial charge on any atom is 0.229 e. The van der Waals surface area contributed by atoms with Crippen LogP contribution >= 0.6 is 0 Å². The summed E-state index contributed by atoms with van der Waals surface area (Å²) in [5.41, 5.74) is 3.38. The van der Waals surface area contributed by atoms with E-state index >= 15 is 0 Å². The van der Waals surface area contributed by atoms with E-state index in [4.69, 9.17) is 4.74 Å². The fourth-order valence-electron chi connectivity index (χ4n) is 4.16. The van der Waals surface area contributed by atoms with Gasteiger partial charge in [0.25, 0.3) is 0 Å². The molecule has 156 valence electrons. The van der Waals surface area contributed by atoms with E-state index in [-0.39, 0.29) is 24.1 Å². The molecule has 7 heteroatoms. The average molecular weight is 407 g/mol. The largest absolute Gasteiger partial charge is 0.497 e. The van der Waals surface area contributed by atoms with Crippen molar-refractivity contribution in [1.29, 1.82) is 0 Å². The second-order valence-corrected chi connectivity index (χ2v) is 7.71. The van der Waals surface area contributed by atoms with Crippen molar-refractivity contribution >= 4 is 34.8 Å². The molecule has 7 nitrogen and oxygen atoms in total. The molecular formula is C23H25N3O4. The molecule has 1 N–H and O–H groups in total. The van der Waals surface area contributed by atoms with E-state index in [0.717, 1.165) is 36.3 Å². The number of fused-ring (bicyclic) bond motifs is 1. The maximum atomic E-state index is 12.8. The lowest BCUT2D eigenvalue weighted by Crippen LogP contribution is -2.33. The number of methoxy groups -OCH3 is 1. The van der Waals surface area contributed by atoms with Crippen LogP contribution in [-0.2, 0) is 20.8 Å². The molecule has 0 bridgehead atoms. The number of rotatable bonds is 4. The Morgan fingerprint density at radius 3 is 2.77 bits per heavy atom. The zero-order valence-corrected chi connectivity index (χ0v) is 17.2. The number of nitrogens with zero attached hydrogens (tertiary/aromatic N) is 2. The number of hydrogen-bond donors (Lipinski definition) is 1. The van der Waals surface area contributed by atoms with E-state index in [0.29, 0.717) is 18.0 Å². The van der Waals surface area contributed by atoms with Gasteiger partial charge in [-0.2, -0.15) is 0 Å². The number of anilines is 3. The van der Waals surface area contributed by atoms with Gasteiger partial charge < -0.3 is 19.9 Å². The maximum absolute atomic E-state index is 12.8. The summed E-state index contributed by atoms with van der Waals surface area (Å²) in [6, 6.07) is 12.9. The second-order valence-electron chi connectivity index (χ2n) is 7.71. The molecular weight excluding hydrogens is 382 g/mol. The number of ether oxygens (including phenoxy) is 1. The summed E-state index contributed by atoms with van der Waals surface area (Å²) in [6.45, 7) is 2.62. The Balaban J connectivity index is 1.46. The Hall–Kier alpha value is -3.35. The minimum absolute atomic E-state index is 0.0230. The first-order valence-corrected chi connectivity index (χ1v) is 10.1. The first-order valence-electron chi connectivity index (χ1n) is 10.1. The number of hydrogen-bond acceptors (Lipinski definition) is 4. The standard InChI is InChI=1S/C23H25N3O4/c1-15(27)25-10-4-5-16-11-18(8-9-21(16)25)24-23(29)17-12-22(28)26(14-17)19-6-3-7-20(13-19)30-2/h3,6-9,11,13,17H,4-5,10,12,14H2,1-2H3,(H,24,29). The molecule has 0 radical (unpaired) electrons. The minimum Gasteiger partial charge on any atom is -0.497 e. The molecule has 0 aliphatic carbocycles. The lowest BCUT2D eigenvalue weighted by Gasteiger charge is -2.29. The van der Waals surface area contributed by atoms with Crippen LogP contribution in [0, 0.1) is 5.92 Å². The van der Waals surface area contributed by atoms with Gasteiger partial charge in [0.2, 0.25) is 17.7 Å². The first-order chi connectivity index (χ1) is 14.5. The van der Waals surface area contributed by atoms with Crippen molar-refractivity contribution in [3.8, 4) is 5.75 Å². The molecule has 1 saturated heterocycles. The van der Waals surface area contributed by atoms with E-state index in [2.05, 4.69) is 5.32 Å². The summed E-state index contributed by atoms with van der Waals surface area (Å²) in [6.07, 6.45) is 1.94. The summed E-state index contributed by atoms with van der Waals surface area (Å²) < 4.78 is 5.23. The molecule has 1 unspecified atom stereocenters. The normalized spacial score (nSPS) is 18.2. The summed E-state index contributed by atoms with van der Waals surface area (Å²) in [5, 5.41) is 2.95. The molecule has 2 heterocycles. The van der Waals surface area contributed by atoms with Crippen molar-refractivity contribution in [2.45, 2.75) is 26.2 Å². The Kier molecular flexibility index (Phi) is 5.44. The number of aryl methyl sites for hydroxylation is 1. The van der Waals surface area contributed by atoms with Gasteiger partial charge in [0, 0.05) is 49.6 Å². The Morgan fingerprint density at radius 1 is 1.17 bits per heavy atom.